The molecule has 5 nitrogen and oxygen atoms in total. The summed E-state index contributed by atoms with van der Waals surface area (Å²) >= 11 is 0. The summed E-state index contributed by atoms with van der Waals surface area (Å²) in [5.74, 6) is 0.926. The number of Topliss-reactive ketones (excluding diaryl/α,β-unsaturated/α-hetero) is 1. The molecule has 5 heteroatoms. The molecule has 2 aliphatic rings. The predicted molar refractivity (Wildman–Crippen MR) is 96.1 cm³/mol. The molecule has 2 atom stereocenters. The first-order valence-corrected chi connectivity index (χ1v) is 9.01. The molecular formula is C20H23N3O2. The van der Waals surface area contributed by atoms with Crippen LogP contribution in [0.1, 0.15) is 52.4 Å². The lowest BCUT2D eigenvalue weighted by Gasteiger charge is -2.24. The lowest BCUT2D eigenvalue weighted by atomic mass is 9.81. The van der Waals surface area contributed by atoms with Gasteiger partial charge in [0, 0.05) is 25.8 Å². The van der Waals surface area contributed by atoms with Crippen molar-refractivity contribution < 1.29 is 9.53 Å². The topological polar surface area (TPSA) is 64.1 Å². The number of ether oxygens (including phenoxy) is 1. The standard InChI is InChI=1S/C20H23N3O2/c1-13-5-2-3-7-16(13)14-9-18-17(19(24)10-14)12-22-20(23-18)21-11-15-6-4-8-25-15/h2-3,5,7,12,14-15H,4,6,8-11H2,1H3,(H,21,22,23)/t14-,15+/m1/s1. The van der Waals surface area contributed by atoms with Gasteiger partial charge in [-0.25, -0.2) is 9.97 Å². The molecule has 130 valence electrons. The summed E-state index contributed by atoms with van der Waals surface area (Å²) in [5, 5.41) is 3.26. The highest BCUT2D eigenvalue weighted by atomic mass is 16.5. The molecule has 0 bridgehead atoms. The van der Waals surface area contributed by atoms with Crippen LogP contribution in [0.4, 0.5) is 5.95 Å². The van der Waals surface area contributed by atoms with E-state index >= 15 is 0 Å². The van der Waals surface area contributed by atoms with Crippen molar-refractivity contribution in [3.05, 3.63) is 52.8 Å². The summed E-state index contributed by atoms with van der Waals surface area (Å²) in [6.07, 6.45) is 5.42. The van der Waals surface area contributed by atoms with Crippen molar-refractivity contribution in [2.24, 2.45) is 0 Å². The highest BCUT2D eigenvalue weighted by Gasteiger charge is 2.28. The van der Waals surface area contributed by atoms with Gasteiger partial charge in [-0.05, 0) is 43.2 Å². The lowest BCUT2D eigenvalue weighted by molar-refractivity contribution is 0.0962. The molecule has 2 aromatic rings. The number of nitrogens with one attached hydrogen (secondary N) is 1. The zero-order valence-corrected chi connectivity index (χ0v) is 14.5. The fraction of sp³-hybridized carbons (Fsp3) is 0.450. The molecule has 1 aromatic carbocycles. The van der Waals surface area contributed by atoms with Crippen molar-refractivity contribution in [3.63, 3.8) is 0 Å². The molecular weight excluding hydrogens is 314 g/mol. The van der Waals surface area contributed by atoms with Gasteiger partial charge in [0.15, 0.2) is 5.78 Å². The van der Waals surface area contributed by atoms with Crippen molar-refractivity contribution in [2.45, 2.75) is 44.6 Å². The Balaban J connectivity index is 1.53. The fourth-order valence-corrected chi connectivity index (χ4v) is 3.81. The number of hydrogen-bond donors (Lipinski definition) is 1. The van der Waals surface area contributed by atoms with E-state index in [0.717, 1.165) is 31.6 Å². The Morgan fingerprint density at radius 1 is 1.28 bits per heavy atom. The number of carbonyl (C=O) groups is 1. The molecule has 1 saturated heterocycles. The van der Waals surface area contributed by atoms with Gasteiger partial charge in [-0.1, -0.05) is 24.3 Å². The third-order valence-electron chi connectivity index (χ3n) is 5.18. The maximum absolute atomic E-state index is 12.5. The molecule has 1 N–H and O–H groups in total. The smallest absolute Gasteiger partial charge is 0.222 e. The Morgan fingerprint density at radius 3 is 2.96 bits per heavy atom. The zero-order valence-electron chi connectivity index (χ0n) is 14.5. The average Bonchev–Trinajstić information content (AvgIpc) is 3.13. The van der Waals surface area contributed by atoms with Crippen LogP contribution in [0.2, 0.25) is 0 Å². The van der Waals surface area contributed by atoms with E-state index in [9.17, 15) is 4.79 Å². The van der Waals surface area contributed by atoms with Crippen LogP contribution in [-0.4, -0.2) is 35.0 Å². The first-order chi connectivity index (χ1) is 12.2. The van der Waals surface area contributed by atoms with Gasteiger partial charge in [-0.2, -0.15) is 0 Å². The average molecular weight is 337 g/mol. The Labute approximate surface area is 147 Å². The van der Waals surface area contributed by atoms with E-state index < -0.39 is 0 Å². The number of carbonyl (C=O) groups excluding carboxylic acids is 1. The second kappa shape index (κ2) is 6.92. The Hall–Kier alpha value is -2.27. The first kappa shape index (κ1) is 16.2. The summed E-state index contributed by atoms with van der Waals surface area (Å²) in [6, 6.07) is 8.30. The number of aromatic nitrogens is 2. The van der Waals surface area contributed by atoms with Crippen LogP contribution in [0.3, 0.4) is 0 Å². The molecule has 0 saturated carbocycles. The Morgan fingerprint density at radius 2 is 2.16 bits per heavy atom. The molecule has 0 radical (unpaired) electrons. The van der Waals surface area contributed by atoms with Crippen LogP contribution >= 0.6 is 0 Å². The summed E-state index contributed by atoms with van der Waals surface area (Å²) in [7, 11) is 0. The van der Waals surface area contributed by atoms with E-state index in [2.05, 4.69) is 34.3 Å². The quantitative estimate of drug-likeness (QED) is 0.927. The summed E-state index contributed by atoms with van der Waals surface area (Å²) in [5.41, 5.74) is 4.00. The number of fused-ring (bicyclic) bond motifs is 1. The molecule has 4 rings (SSSR count). The Bertz CT molecular complexity index is 784. The van der Waals surface area contributed by atoms with E-state index in [4.69, 9.17) is 4.74 Å². The van der Waals surface area contributed by atoms with E-state index in [0.29, 0.717) is 24.5 Å². The second-order valence-electron chi connectivity index (χ2n) is 6.95. The van der Waals surface area contributed by atoms with Gasteiger partial charge < -0.3 is 10.1 Å². The summed E-state index contributed by atoms with van der Waals surface area (Å²) in [6.45, 7) is 3.65. The number of ketones is 1. The number of rotatable bonds is 4. The van der Waals surface area contributed by atoms with Crippen LogP contribution in [0.25, 0.3) is 0 Å². The molecule has 1 aliphatic carbocycles. The maximum Gasteiger partial charge on any atom is 0.222 e. The number of anilines is 1. The van der Waals surface area contributed by atoms with Crippen LogP contribution in [0, 0.1) is 6.92 Å². The van der Waals surface area contributed by atoms with Crippen LogP contribution in [0.5, 0.6) is 0 Å². The largest absolute Gasteiger partial charge is 0.376 e. The third kappa shape index (κ3) is 3.42. The van der Waals surface area contributed by atoms with Crippen molar-refractivity contribution in [1.29, 1.82) is 0 Å². The number of benzene rings is 1. The fourth-order valence-electron chi connectivity index (χ4n) is 3.81. The van der Waals surface area contributed by atoms with Crippen molar-refractivity contribution in [3.8, 4) is 0 Å². The molecule has 25 heavy (non-hydrogen) atoms. The highest BCUT2D eigenvalue weighted by Crippen LogP contribution is 2.33. The van der Waals surface area contributed by atoms with Gasteiger partial charge in [-0.15, -0.1) is 0 Å². The molecule has 1 aromatic heterocycles. The zero-order chi connectivity index (χ0) is 17.2. The SMILES string of the molecule is Cc1ccccc1[C@H]1CC(=O)c2cnc(NC[C@@H]3CCCO3)nc2C1. The maximum atomic E-state index is 12.5. The summed E-state index contributed by atoms with van der Waals surface area (Å²) < 4.78 is 5.62. The van der Waals surface area contributed by atoms with E-state index in [-0.39, 0.29) is 17.8 Å². The molecule has 1 aliphatic heterocycles. The van der Waals surface area contributed by atoms with E-state index in [1.165, 1.54) is 11.1 Å². The second-order valence-corrected chi connectivity index (χ2v) is 6.95. The van der Waals surface area contributed by atoms with E-state index in [1.54, 1.807) is 6.20 Å². The Kier molecular flexibility index (Phi) is 4.49. The number of nitrogens with zero attached hydrogens (tertiary/aromatic N) is 2. The van der Waals surface area contributed by atoms with Crippen LogP contribution in [0.15, 0.2) is 30.5 Å². The van der Waals surface area contributed by atoms with Crippen LogP contribution in [-0.2, 0) is 11.2 Å². The third-order valence-corrected chi connectivity index (χ3v) is 5.18. The molecule has 0 unspecified atom stereocenters. The highest BCUT2D eigenvalue weighted by molar-refractivity contribution is 5.98. The molecule has 2 heterocycles. The summed E-state index contributed by atoms with van der Waals surface area (Å²) in [4.78, 5) is 21.5. The van der Waals surface area contributed by atoms with Gasteiger partial charge in [-0.3, -0.25) is 4.79 Å². The number of aryl methyl sites for hydroxylation is 1. The van der Waals surface area contributed by atoms with Crippen molar-refractivity contribution >= 4 is 11.7 Å². The van der Waals surface area contributed by atoms with Crippen molar-refractivity contribution in [1.82, 2.24) is 9.97 Å². The number of hydrogen-bond acceptors (Lipinski definition) is 5. The van der Waals surface area contributed by atoms with Gasteiger partial charge in [0.25, 0.3) is 0 Å². The molecule has 0 amide bonds. The lowest BCUT2D eigenvalue weighted by Crippen LogP contribution is -2.23. The minimum absolute atomic E-state index is 0.139. The molecule has 1 fully saturated rings. The van der Waals surface area contributed by atoms with Crippen LogP contribution < -0.4 is 5.32 Å². The predicted octanol–water partition coefficient (Wildman–Crippen LogP) is 3.29. The normalized spacial score (nSPS) is 22.7. The van der Waals surface area contributed by atoms with Crippen molar-refractivity contribution in [2.75, 3.05) is 18.5 Å². The monoisotopic (exact) mass is 337 g/mol. The van der Waals surface area contributed by atoms with Gasteiger partial charge >= 0.3 is 0 Å². The van der Waals surface area contributed by atoms with Gasteiger partial charge in [0.1, 0.15) is 0 Å². The van der Waals surface area contributed by atoms with Gasteiger partial charge in [0.05, 0.1) is 17.4 Å². The minimum atomic E-state index is 0.139. The van der Waals surface area contributed by atoms with Gasteiger partial charge in [0.2, 0.25) is 5.95 Å². The minimum Gasteiger partial charge on any atom is -0.376 e. The molecule has 0 spiro atoms. The first-order valence-electron chi connectivity index (χ1n) is 9.01. The van der Waals surface area contributed by atoms with E-state index in [1.807, 2.05) is 12.1 Å².